The zero-order chi connectivity index (χ0) is 13.2. The van der Waals surface area contributed by atoms with Gasteiger partial charge in [-0.05, 0) is 21.5 Å². The molecule has 17 heavy (non-hydrogen) atoms. The van der Waals surface area contributed by atoms with Crippen LogP contribution in [0.15, 0.2) is 10.8 Å². The van der Waals surface area contributed by atoms with E-state index in [1.807, 2.05) is 0 Å². The first-order chi connectivity index (χ1) is 7.79. The van der Waals surface area contributed by atoms with E-state index in [1.54, 1.807) is 0 Å². The third kappa shape index (κ3) is 2.91. The van der Waals surface area contributed by atoms with Crippen LogP contribution in [0.4, 0.5) is 22.0 Å². The molecule has 0 spiro atoms. The Balaban J connectivity index is 3.54. The molecule has 0 saturated carbocycles. The summed E-state index contributed by atoms with van der Waals surface area (Å²) in [7, 11) is 0. The molecule has 1 rings (SSSR count). The number of nitrogens with zero attached hydrogens (tertiary/aromatic N) is 2. The molecule has 2 nitrogen and oxygen atoms in total. The van der Waals surface area contributed by atoms with Gasteiger partial charge in [0.15, 0.2) is 0 Å². The lowest BCUT2D eigenvalue weighted by atomic mass is 10.0. The Bertz CT molecular complexity index is 464. The first-order valence-electron chi connectivity index (χ1n) is 4.18. The number of halogens is 6. The van der Waals surface area contributed by atoms with Gasteiger partial charge in [-0.2, -0.15) is 18.4 Å². The second kappa shape index (κ2) is 4.96. The highest BCUT2D eigenvalue weighted by molar-refractivity contribution is 9.10. The predicted octanol–water partition coefficient (Wildman–Crippen LogP) is 3.87. The van der Waals surface area contributed by atoms with Gasteiger partial charge >= 0.3 is 6.18 Å². The van der Waals surface area contributed by atoms with E-state index >= 15 is 0 Å². The predicted molar refractivity (Wildman–Crippen MR) is 51.2 cm³/mol. The summed E-state index contributed by atoms with van der Waals surface area (Å²) in [6, 6.07) is 1.44. The highest BCUT2D eigenvalue weighted by Gasteiger charge is 2.36. The molecular weight excluding hydrogens is 311 g/mol. The van der Waals surface area contributed by atoms with Crippen LogP contribution < -0.4 is 0 Å². The van der Waals surface area contributed by atoms with Crippen molar-refractivity contribution >= 4 is 15.9 Å². The minimum Gasteiger partial charge on any atom is -0.248 e. The van der Waals surface area contributed by atoms with E-state index in [0.717, 1.165) is 0 Å². The molecule has 1 aromatic heterocycles. The van der Waals surface area contributed by atoms with Gasteiger partial charge in [0, 0.05) is 6.20 Å². The smallest absolute Gasteiger partial charge is 0.248 e. The maximum atomic E-state index is 12.6. The van der Waals surface area contributed by atoms with Crippen LogP contribution in [-0.2, 0) is 12.6 Å². The van der Waals surface area contributed by atoms with E-state index in [-0.39, 0.29) is 4.60 Å². The molecule has 0 amide bonds. The van der Waals surface area contributed by atoms with Crippen molar-refractivity contribution < 1.29 is 22.0 Å². The van der Waals surface area contributed by atoms with Crippen molar-refractivity contribution in [1.82, 2.24) is 4.98 Å². The fraction of sp³-hybridized carbons (Fsp3) is 0.333. The van der Waals surface area contributed by atoms with Gasteiger partial charge in [0.05, 0.1) is 23.6 Å². The fourth-order valence-corrected chi connectivity index (χ4v) is 1.79. The summed E-state index contributed by atoms with van der Waals surface area (Å²) >= 11 is 2.65. The number of pyridine rings is 1. The Labute approximate surface area is 101 Å². The first-order valence-corrected chi connectivity index (χ1v) is 4.98. The Morgan fingerprint density at radius 2 is 2.00 bits per heavy atom. The molecule has 0 aromatic carbocycles. The Morgan fingerprint density at radius 1 is 1.41 bits per heavy atom. The van der Waals surface area contributed by atoms with E-state index in [2.05, 4.69) is 20.9 Å². The number of aromatic nitrogens is 1. The van der Waals surface area contributed by atoms with E-state index in [0.29, 0.717) is 6.20 Å². The largest absolute Gasteiger partial charge is 0.418 e. The third-order valence-corrected chi connectivity index (χ3v) is 2.59. The lowest BCUT2D eigenvalue weighted by molar-refractivity contribution is -0.138. The second-order valence-electron chi connectivity index (χ2n) is 2.99. The van der Waals surface area contributed by atoms with Crippen molar-refractivity contribution in [3.8, 4) is 6.07 Å². The van der Waals surface area contributed by atoms with E-state index in [1.165, 1.54) is 6.07 Å². The molecule has 0 aliphatic rings. The topological polar surface area (TPSA) is 36.7 Å². The molecule has 0 fully saturated rings. The second-order valence-corrected chi connectivity index (χ2v) is 3.74. The van der Waals surface area contributed by atoms with Crippen LogP contribution in [0.1, 0.15) is 23.1 Å². The van der Waals surface area contributed by atoms with Gasteiger partial charge in [-0.3, -0.25) is 0 Å². The Morgan fingerprint density at radius 3 is 2.41 bits per heavy atom. The van der Waals surface area contributed by atoms with Crippen molar-refractivity contribution in [1.29, 1.82) is 5.26 Å². The molecule has 0 aliphatic carbocycles. The average molecular weight is 315 g/mol. The van der Waals surface area contributed by atoms with E-state index < -0.39 is 35.7 Å². The van der Waals surface area contributed by atoms with E-state index in [4.69, 9.17) is 5.26 Å². The highest BCUT2D eigenvalue weighted by atomic mass is 79.9. The number of hydrogen-bond acceptors (Lipinski definition) is 2. The minimum absolute atomic E-state index is 0.384. The van der Waals surface area contributed by atoms with Crippen LogP contribution in [0.2, 0.25) is 0 Å². The average Bonchev–Trinajstić information content (AvgIpc) is 2.15. The van der Waals surface area contributed by atoms with Gasteiger partial charge < -0.3 is 0 Å². The monoisotopic (exact) mass is 314 g/mol. The van der Waals surface area contributed by atoms with Gasteiger partial charge in [0.1, 0.15) is 4.60 Å². The van der Waals surface area contributed by atoms with E-state index in [9.17, 15) is 22.0 Å². The Hall–Kier alpha value is -1.23. The molecule has 0 saturated heterocycles. The van der Waals surface area contributed by atoms with Crippen LogP contribution in [0.5, 0.6) is 0 Å². The summed E-state index contributed by atoms with van der Waals surface area (Å²) in [5.74, 6) is 0. The van der Waals surface area contributed by atoms with Crippen LogP contribution in [0, 0.1) is 11.3 Å². The summed E-state index contributed by atoms with van der Waals surface area (Å²) in [4.78, 5) is 3.22. The lowest BCUT2D eigenvalue weighted by Crippen LogP contribution is -2.13. The molecule has 0 atom stereocenters. The van der Waals surface area contributed by atoms with Gasteiger partial charge in [-0.15, -0.1) is 0 Å². The Kier molecular flexibility index (Phi) is 4.03. The standard InChI is InChI=1S/C9H4BrF5N2/c10-7-6(8(11)12)4(1-2-16)5(3-17-7)9(13,14)15/h3,8H,1H2. The van der Waals surface area contributed by atoms with Crippen LogP contribution in [0.25, 0.3) is 0 Å². The molecule has 0 unspecified atom stereocenters. The quantitative estimate of drug-likeness (QED) is 0.614. The summed E-state index contributed by atoms with van der Waals surface area (Å²) < 4.78 is 62.5. The van der Waals surface area contributed by atoms with Crippen molar-refractivity contribution in [3.63, 3.8) is 0 Å². The maximum Gasteiger partial charge on any atom is 0.418 e. The zero-order valence-electron chi connectivity index (χ0n) is 8.02. The fourth-order valence-electron chi connectivity index (χ4n) is 1.27. The molecule has 92 valence electrons. The molecule has 1 aromatic rings. The molecule has 8 heteroatoms. The summed E-state index contributed by atoms with van der Waals surface area (Å²) in [6.45, 7) is 0. The van der Waals surface area contributed by atoms with Crippen LogP contribution in [0.3, 0.4) is 0 Å². The number of nitriles is 1. The van der Waals surface area contributed by atoms with Gasteiger partial charge in [-0.1, -0.05) is 0 Å². The van der Waals surface area contributed by atoms with Crippen LogP contribution in [-0.4, -0.2) is 4.98 Å². The number of hydrogen-bond donors (Lipinski definition) is 0. The lowest BCUT2D eigenvalue weighted by Gasteiger charge is -2.15. The molecule has 0 aliphatic heterocycles. The van der Waals surface area contributed by atoms with Crippen LogP contribution >= 0.6 is 15.9 Å². The zero-order valence-corrected chi connectivity index (χ0v) is 9.61. The van der Waals surface area contributed by atoms with Crippen molar-refractivity contribution in [3.05, 3.63) is 27.5 Å². The summed E-state index contributed by atoms with van der Waals surface area (Å²) in [5.41, 5.74) is -2.93. The first kappa shape index (κ1) is 13.8. The molecule has 0 radical (unpaired) electrons. The van der Waals surface area contributed by atoms with Gasteiger partial charge in [0.2, 0.25) is 0 Å². The van der Waals surface area contributed by atoms with Gasteiger partial charge in [-0.25, -0.2) is 13.8 Å². The highest BCUT2D eigenvalue weighted by Crippen LogP contribution is 2.38. The molecule has 0 bridgehead atoms. The maximum absolute atomic E-state index is 12.6. The SMILES string of the molecule is N#CCc1c(C(F)(F)F)cnc(Br)c1C(F)F. The normalized spacial score (nSPS) is 11.6. The molecule has 1 heterocycles. The molecular formula is C9H4BrF5N2. The molecule has 0 N–H and O–H groups in total. The third-order valence-electron chi connectivity index (χ3n) is 1.96. The van der Waals surface area contributed by atoms with Crippen molar-refractivity contribution in [2.45, 2.75) is 19.0 Å². The summed E-state index contributed by atoms with van der Waals surface area (Å²) in [5, 5.41) is 8.41. The number of rotatable bonds is 2. The number of alkyl halides is 5. The minimum atomic E-state index is -4.82. The van der Waals surface area contributed by atoms with Crippen molar-refractivity contribution in [2.75, 3.05) is 0 Å². The van der Waals surface area contributed by atoms with Gasteiger partial charge in [0.25, 0.3) is 6.43 Å². The summed E-state index contributed by atoms with van der Waals surface area (Å²) in [6.07, 6.45) is -8.27. The van der Waals surface area contributed by atoms with Crippen molar-refractivity contribution in [2.24, 2.45) is 0 Å².